The second-order valence-corrected chi connectivity index (χ2v) is 4.96. The third-order valence-electron chi connectivity index (χ3n) is 3.09. The maximum atomic E-state index is 12.6. The van der Waals surface area contributed by atoms with Crippen molar-refractivity contribution in [2.24, 2.45) is 5.92 Å². The number of alkyl halides is 6. The maximum absolute atomic E-state index is 12.6. The Kier molecular flexibility index (Phi) is 6.13. The van der Waals surface area contributed by atoms with Crippen molar-refractivity contribution in [3.8, 4) is 0 Å². The van der Waals surface area contributed by atoms with Crippen LogP contribution in [0.5, 0.6) is 0 Å². The van der Waals surface area contributed by atoms with Crippen molar-refractivity contribution in [2.75, 3.05) is 14.2 Å². The van der Waals surface area contributed by atoms with Crippen LogP contribution in [0.25, 0.3) is 0 Å². The molecule has 0 saturated carbocycles. The van der Waals surface area contributed by atoms with Gasteiger partial charge in [-0.25, -0.2) is 0 Å². The number of hydrogen-bond donors (Lipinski definition) is 1. The summed E-state index contributed by atoms with van der Waals surface area (Å²) in [7, 11) is 2.45. The Hall–Kier alpha value is -0.500. The minimum atomic E-state index is -5.33. The van der Waals surface area contributed by atoms with Gasteiger partial charge in [0.2, 0.25) is 0 Å². The van der Waals surface area contributed by atoms with E-state index in [0.717, 1.165) is 7.05 Å². The fraction of sp³-hybridized carbons (Fsp3) is 1.00. The fourth-order valence-electron chi connectivity index (χ4n) is 1.72. The zero-order valence-electron chi connectivity index (χ0n) is 11.2. The molecule has 0 aromatic carbocycles. The number of methoxy groups -OCH3 is 1. The van der Waals surface area contributed by atoms with Crippen LogP contribution in [-0.4, -0.2) is 38.2 Å². The third kappa shape index (κ3) is 5.99. The van der Waals surface area contributed by atoms with Gasteiger partial charge in [-0.3, -0.25) is 0 Å². The molecule has 0 aliphatic heterocycles. The molecule has 1 unspecified atom stereocenters. The zero-order valence-corrected chi connectivity index (χ0v) is 11.2. The monoisotopic (exact) mass is 295 g/mol. The highest BCUT2D eigenvalue weighted by Gasteiger charge is 2.59. The summed E-state index contributed by atoms with van der Waals surface area (Å²) in [5.74, 6) is -3.38. The molecule has 19 heavy (non-hydrogen) atoms. The molecule has 1 N–H and O–H groups in total. The Morgan fingerprint density at radius 2 is 1.42 bits per heavy atom. The molecule has 0 aliphatic carbocycles. The summed E-state index contributed by atoms with van der Waals surface area (Å²) in [4.78, 5) is 0. The first-order valence-corrected chi connectivity index (χ1v) is 5.71. The van der Waals surface area contributed by atoms with Gasteiger partial charge in [-0.05, 0) is 33.7 Å². The van der Waals surface area contributed by atoms with Crippen molar-refractivity contribution in [2.45, 2.75) is 50.7 Å². The first-order valence-electron chi connectivity index (χ1n) is 5.71. The van der Waals surface area contributed by atoms with Gasteiger partial charge in [-0.2, -0.15) is 26.3 Å². The fourth-order valence-corrected chi connectivity index (χ4v) is 1.72. The van der Waals surface area contributed by atoms with E-state index in [0.29, 0.717) is 0 Å². The van der Waals surface area contributed by atoms with Crippen LogP contribution < -0.4 is 5.32 Å². The molecule has 0 spiro atoms. The van der Waals surface area contributed by atoms with Gasteiger partial charge in [0.1, 0.15) is 0 Å². The van der Waals surface area contributed by atoms with E-state index in [1.54, 1.807) is 13.8 Å². The van der Waals surface area contributed by atoms with E-state index in [1.165, 1.54) is 7.11 Å². The lowest BCUT2D eigenvalue weighted by atomic mass is 9.90. The van der Waals surface area contributed by atoms with Crippen LogP contribution in [0.4, 0.5) is 26.3 Å². The van der Waals surface area contributed by atoms with E-state index in [9.17, 15) is 26.3 Å². The maximum Gasteiger partial charge on any atom is 0.401 e. The number of ether oxygens (including phenoxy) is 1. The average Bonchev–Trinajstić information content (AvgIpc) is 2.20. The van der Waals surface area contributed by atoms with E-state index < -0.39 is 29.9 Å². The van der Waals surface area contributed by atoms with Gasteiger partial charge in [-0.15, -0.1) is 0 Å². The Morgan fingerprint density at radius 1 is 1.00 bits per heavy atom. The lowest BCUT2D eigenvalue weighted by Gasteiger charge is -2.32. The van der Waals surface area contributed by atoms with Crippen LogP contribution in [0, 0.1) is 5.92 Å². The quantitative estimate of drug-likeness (QED) is 0.757. The van der Waals surface area contributed by atoms with Gasteiger partial charge in [0.25, 0.3) is 0 Å². The molecular weight excluding hydrogens is 276 g/mol. The minimum Gasteiger partial charge on any atom is -0.379 e. The molecule has 2 nitrogen and oxygen atoms in total. The topological polar surface area (TPSA) is 21.3 Å². The highest BCUT2D eigenvalue weighted by Crippen LogP contribution is 2.42. The van der Waals surface area contributed by atoms with Crippen LogP contribution in [0.15, 0.2) is 0 Å². The lowest BCUT2D eigenvalue weighted by molar-refractivity contribution is -0.292. The van der Waals surface area contributed by atoms with Crippen LogP contribution in [0.1, 0.15) is 26.7 Å². The van der Waals surface area contributed by atoms with Gasteiger partial charge < -0.3 is 10.1 Å². The molecule has 8 heteroatoms. The Balaban J connectivity index is 4.98. The summed E-state index contributed by atoms with van der Waals surface area (Å²) in [6, 6.07) is -1.73. The number of hydrogen-bond acceptors (Lipinski definition) is 2. The van der Waals surface area contributed by atoms with E-state index in [4.69, 9.17) is 4.74 Å². The normalized spacial score (nSPS) is 15.9. The Morgan fingerprint density at radius 3 is 1.68 bits per heavy atom. The molecule has 0 saturated heterocycles. The van der Waals surface area contributed by atoms with E-state index in [2.05, 4.69) is 5.32 Å². The Labute approximate surface area is 108 Å². The molecule has 0 fully saturated rings. The smallest absolute Gasteiger partial charge is 0.379 e. The van der Waals surface area contributed by atoms with Gasteiger partial charge in [0.15, 0.2) is 5.92 Å². The SMILES string of the molecule is CNC(CCC(C)(C)OC)C(C(F)(F)F)C(F)(F)F. The predicted octanol–water partition coefficient (Wildman–Crippen LogP) is 3.52. The molecule has 0 amide bonds. The van der Waals surface area contributed by atoms with Gasteiger partial charge in [0, 0.05) is 13.2 Å². The second-order valence-electron chi connectivity index (χ2n) is 4.96. The van der Waals surface area contributed by atoms with E-state index >= 15 is 0 Å². The lowest BCUT2D eigenvalue weighted by Crippen LogP contribution is -2.50. The van der Waals surface area contributed by atoms with Crippen molar-refractivity contribution >= 4 is 0 Å². The summed E-state index contributed by atoms with van der Waals surface area (Å²) in [5.41, 5.74) is -0.767. The van der Waals surface area contributed by atoms with E-state index in [-0.39, 0.29) is 12.8 Å². The summed E-state index contributed by atoms with van der Waals surface area (Å²) < 4.78 is 80.4. The molecule has 116 valence electrons. The Bertz CT molecular complexity index is 259. The standard InChI is InChI=1S/C11H19F6NO/c1-9(2,19-4)6-5-7(18-3)8(10(12,13)14)11(15,16)17/h7-8,18H,5-6H2,1-4H3. The minimum absolute atomic E-state index is 0.0810. The summed E-state index contributed by atoms with van der Waals surface area (Å²) in [5, 5.41) is 2.12. The molecule has 0 bridgehead atoms. The van der Waals surface area contributed by atoms with Crippen LogP contribution in [0.3, 0.4) is 0 Å². The van der Waals surface area contributed by atoms with Crippen LogP contribution in [-0.2, 0) is 4.74 Å². The second kappa shape index (κ2) is 6.30. The predicted molar refractivity (Wildman–Crippen MR) is 58.8 cm³/mol. The first kappa shape index (κ1) is 18.5. The van der Waals surface area contributed by atoms with Gasteiger partial charge >= 0.3 is 12.4 Å². The van der Waals surface area contributed by atoms with Crippen LogP contribution >= 0.6 is 0 Å². The van der Waals surface area contributed by atoms with Crippen molar-refractivity contribution < 1.29 is 31.1 Å². The summed E-state index contributed by atoms with van der Waals surface area (Å²) in [6.07, 6.45) is -10.9. The first-order chi connectivity index (χ1) is 8.35. The molecule has 1 atom stereocenters. The van der Waals surface area contributed by atoms with Crippen molar-refractivity contribution in [1.82, 2.24) is 5.32 Å². The van der Waals surface area contributed by atoms with Crippen molar-refractivity contribution in [3.05, 3.63) is 0 Å². The molecule has 0 heterocycles. The number of rotatable bonds is 6. The van der Waals surface area contributed by atoms with Gasteiger partial charge in [0.05, 0.1) is 5.60 Å². The molecule has 0 aromatic rings. The molecule has 0 rings (SSSR count). The summed E-state index contributed by atoms with van der Waals surface area (Å²) >= 11 is 0. The largest absolute Gasteiger partial charge is 0.401 e. The van der Waals surface area contributed by atoms with Gasteiger partial charge in [-0.1, -0.05) is 0 Å². The average molecular weight is 295 g/mol. The number of nitrogens with one attached hydrogen (secondary N) is 1. The van der Waals surface area contributed by atoms with Crippen molar-refractivity contribution in [3.63, 3.8) is 0 Å². The third-order valence-corrected chi connectivity index (χ3v) is 3.09. The van der Waals surface area contributed by atoms with E-state index in [1.807, 2.05) is 0 Å². The molecule has 0 radical (unpaired) electrons. The highest BCUT2D eigenvalue weighted by molar-refractivity contribution is 4.88. The number of halogens is 6. The van der Waals surface area contributed by atoms with Crippen molar-refractivity contribution in [1.29, 1.82) is 0 Å². The highest BCUT2D eigenvalue weighted by atomic mass is 19.4. The molecule has 0 aliphatic rings. The zero-order chi connectivity index (χ0) is 15.5. The summed E-state index contributed by atoms with van der Waals surface area (Å²) in [6.45, 7) is 3.21. The van der Waals surface area contributed by atoms with Crippen LogP contribution in [0.2, 0.25) is 0 Å². The molecular formula is C11H19F6NO. The molecule has 0 aromatic heterocycles.